The fraction of sp³-hybridized carbons (Fsp3) is 0.588. The first-order chi connectivity index (χ1) is 9.22. The Morgan fingerprint density at radius 3 is 2.68 bits per heavy atom. The second-order valence-corrected chi connectivity index (χ2v) is 5.74. The first-order valence-electron chi connectivity index (χ1n) is 7.41. The van der Waals surface area contributed by atoms with E-state index < -0.39 is 0 Å². The molecule has 0 fully saturated rings. The lowest BCUT2D eigenvalue weighted by molar-refractivity contribution is 0.292. The Morgan fingerprint density at radius 2 is 2.00 bits per heavy atom. The topological polar surface area (TPSA) is 27.0 Å². The summed E-state index contributed by atoms with van der Waals surface area (Å²) in [6, 6.07) is 9.31. The summed E-state index contributed by atoms with van der Waals surface area (Å²) in [4.78, 5) is 2.27. The second-order valence-electron chi connectivity index (χ2n) is 5.74. The summed E-state index contributed by atoms with van der Waals surface area (Å²) < 4.78 is 0. The van der Waals surface area contributed by atoms with Crippen molar-refractivity contribution >= 4 is 0 Å². The number of nitrogens with zero attached hydrogens (tertiary/aromatic N) is 2. The van der Waals surface area contributed by atoms with E-state index in [2.05, 4.69) is 43.1 Å². The fourth-order valence-corrected chi connectivity index (χ4v) is 2.90. The first kappa shape index (κ1) is 14.1. The van der Waals surface area contributed by atoms with Gasteiger partial charge in [0.25, 0.3) is 0 Å². The van der Waals surface area contributed by atoms with Gasteiger partial charge < -0.3 is 4.90 Å². The molecule has 0 spiro atoms. The van der Waals surface area contributed by atoms with Crippen LogP contribution >= 0.6 is 0 Å². The van der Waals surface area contributed by atoms with Crippen molar-refractivity contribution in [3.05, 3.63) is 34.9 Å². The average molecular weight is 256 g/mol. The van der Waals surface area contributed by atoms with Crippen LogP contribution in [0.25, 0.3) is 0 Å². The van der Waals surface area contributed by atoms with Crippen LogP contribution in [0.3, 0.4) is 0 Å². The summed E-state index contributed by atoms with van der Waals surface area (Å²) in [7, 11) is 2.11. The van der Waals surface area contributed by atoms with E-state index in [0.29, 0.717) is 0 Å². The Kier molecular flexibility index (Phi) is 4.99. The number of nitriles is 1. The monoisotopic (exact) mass is 256 g/mol. The third kappa shape index (κ3) is 3.81. The summed E-state index contributed by atoms with van der Waals surface area (Å²) in [6.45, 7) is 3.90. The molecule has 102 valence electrons. The van der Waals surface area contributed by atoms with Gasteiger partial charge in [-0.15, -0.1) is 0 Å². The minimum atomic E-state index is 0.155. The Hall–Kier alpha value is -1.33. The standard InChI is InChI=1S/C17H24N2/c1-3-14(11-18)12-19(2)13-15-8-9-16-6-4-5-7-17(16)10-15/h8-10,14H,3-7,12-13H2,1-2H3. The van der Waals surface area contributed by atoms with Crippen LogP contribution < -0.4 is 0 Å². The van der Waals surface area contributed by atoms with Gasteiger partial charge in [0.1, 0.15) is 0 Å². The third-order valence-corrected chi connectivity index (χ3v) is 4.07. The molecule has 1 unspecified atom stereocenters. The van der Waals surface area contributed by atoms with Crippen LogP contribution in [-0.4, -0.2) is 18.5 Å². The molecule has 0 saturated carbocycles. The maximum absolute atomic E-state index is 9.02. The number of benzene rings is 1. The van der Waals surface area contributed by atoms with E-state index in [1.54, 1.807) is 11.1 Å². The molecule has 0 aromatic heterocycles. The molecule has 1 aromatic rings. The molecule has 19 heavy (non-hydrogen) atoms. The van der Waals surface area contributed by atoms with Crippen LogP contribution in [0, 0.1) is 17.2 Å². The highest BCUT2D eigenvalue weighted by Gasteiger charge is 2.12. The van der Waals surface area contributed by atoms with Crippen molar-refractivity contribution in [2.75, 3.05) is 13.6 Å². The number of aryl methyl sites for hydroxylation is 2. The molecular formula is C17H24N2. The molecule has 2 heteroatoms. The molecule has 2 rings (SSSR count). The lowest BCUT2D eigenvalue weighted by Gasteiger charge is -2.21. The van der Waals surface area contributed by atoms with Crippen LogP contribution in [0.5, 0.6) is 0 Å². The van der Waals surface area contributed by atoms with E-state index >= 15 is 0 Å². The Bertz CT molecular complexity index is 459. The number of rotatable bonds is 5. The van der Waals surface area contributed by atoms with E-state index in [4.69, 9.17) is 5.26 Å². The van der Waals surface area contributed by atoms with Gasteiger partial charge in [-0.1, -0.05) is 25.1 Å². The lowest BCUT2D eigenvalue weighted by atomic mass is 9.90. The van der Waals surface area contributed by atoms with Gasteiger partial charge in [-0.05, 0) is 55.8 Å². The zero-order chi connectivity index (χ0) is 13.7. The molecule has 0 N–H and O–H groups in total. The van der Waals surface area contributed by atoms with E-state index in [9.17, 15) is 0 Å². The van der Waals surface area contributed by atoms with Gasteiger partial charge in [0.05, 0.1) is 12.0 Å². The van der Waals surface area contributed by atoms with Crippen molar-refractivity contribution in [2.24, 2.45) is 5.92 Å². The first-order valence-corrected chi connectivity index (χ1v) is 7.41. The SMILES string of the molecule is CCC(C#N)CN(C)Cc1ccc2c(c1)CCCC2. The molecule has 1 aromatic carbocycles. The molecule has 0 saturated heterocycles. The molecule has 1 aliphatic carbocycles. The van der Waals surface area contributed by atoms with Crippen molar-refractivity contribution in [2.45, 2.75) is 45.6 Å². The smallest absolute Gasteiger partial charge is 0.0669 e. The van der Waals surface area contributed by atoms with E-state index in [1.165, 1.54) is 31.2 Å². The fourth-order valence-electron chi connectivity index (χ4n) is 2.90. The quantitative estimate of drug-likeness (QED) is 0.805. The molecule has 1 aliphatic rings. The number of fused-ring (bicyclic) bond motifs is 1. The van der Waals surface area contributed by atoms with Gasteiger partial charge in [0.2, 0.25) is 0 Å². The highest BCUT2D eigenvalue weighted by Crippen LogP contribution is 2.22. The third-order valence-electron chi connectivity index (χ3n) is 4.07. The van der Waals surface area contributed by atoms with E-state index in [0.717, 1.165) is 19.5 Å². The summed E-state index contributed by atoms with van der Waals surface area (Å²) >= 11 is 0. The largest absolute Gasteiger partial charge is 0.301 e. The molecule has 0 heterocycles. The predicted octanol–water partition coefficient (Wildman–Crippen LogP) is 3.55. The maximum atomic E-state index is 9.02. The van der Waals surface area contributed by atoms with Crippen LogP contribution in [-0.2, 0) is 19.4 Å². The summed E-state index contributed by atoms with van der Waals surface area (Å²) in [5.74, 6) is 0.155. The molecule has 0 radical (unpaired) electrons. The highest BCUT2D eigenvalue weighted by molar-refractivity contribution is 5.33. The van der Waals surface area contributed by atoms with E-state index in [1.807, 2.05) is 0 Å². The molecule has 0 amide bonds. The Balaban J connectivity index is 1.97. The van der Waals surface area contributed by atoms with Crippen LogP contribution in [0.2, 0.25) is 0 Å². The zero-order valence-electron chi connectivity index (χ0n) is 12.2. The molecule has 0 aliphatic heterocycles. The van der Waals surface area contributed by atoms with Crippen LogP contribution in [0.1, 0.15) is 42.9 Å². The van der Waals surface area contributed by atoms with Gasteiger partial charge in [-0.3, -0.25) is 0 Å². The lowest BCUT2D eigenvalue weighted by Crippen LogP contribution is -2.24. The molecular weight excluding hydrogens is 232 g/mol. The Labute approximate surface area is 117 Å². The van der Waals surface area contributed by atoms with Gasteiger partial charge >= 0.3 is 0 Å². The van der Waals surface area contributed by atoms with Crippen molar-refractivity contribution in [3.63, 3.8) is 0 Å². The summed E-state index contributed by atoms with van der Waals surface area (Å²) in [5, 5.41) is 9.02. The Morgan fingerprint density at radius 1 is 1.26 bits per heavy atom. The van der Waals surface area contributed by atoms with Crippen molar-refractivity contribution < 1.29 is 0 Å². The number of hydrogen-bond donors (Lipinski definition) is 0. The predicted molar refractivity (Wildman–Crippen MR) is 78.8 cm³/mol. The minimum absolute atomic E-state index is 0.155. The molecule has 2 nitrogen and oxygen atoms in total. The zero-order valence-corrected chi connectivity index (χ0v) is 12.2. The highest BCUT2D eigenvalue weighted by atomic mass is 15.1. The summed E-state index contributed by atoms with van der Waals surface area (Å²) in [6.07, 6.45) is 6.09. The van der Waals surface area contributed by atoms with Crippen molar-refractivity contribution in [3.8, 4) is 6.07 Å². The second kappa shape index (κ2) is 6.73. The molecule has 1 atom stereocenters. The van der Waals surface area contributed by atoms with Gasteiger partial charge in [-0.25, -0.2) is 0 Å². The van der Waals surface area contributed by atoms with E-state index in [-0.39, 0.29) is 5.92 Å². The summed E-state index contributed by atoms with van der Waals surface area (Å²) in [5.41, 5.74) is 4.47. The van der Waals surface area contributed by atoms with Gasteiger partial charge in [0, 0.05) is 13.1 Å². The van der Waals surface area contributed by atoms with Crippen molar-refractivity contribution in [1.82, 2.24) is 4.90 Å². The maximum Gasteiger partial charge on any atom is 0.0669 e. The van der Waals surface area contributed by atoms with Gasteiger partial charge in [0.15, 0.2) is 0 Å². The van der Waals surface area contributed by atoms with Crippen LogP contribution in [0.4, 0.5) is 0 Å². The van der Waals surface area contributed by atoms with Crippen molar-refractivity contribution in [1.29, 1.82) is 5.26 Å². The van der Waals surface area contributed by atoms with Crippen LogP contribution in [0.15, 0.2) is 18.2 Å². The molecule has 0 bridgehead atoms. The minimum Gasteiger partial charge on any atom is -0.301 e. The normalized spacial score (nSPS) is 15.9. The average Bonchev–Trinajstić information content (AvgIpc) is 2.44. The number of hydrogen-bond acceptors (Lipinski definition) is 2. The van der Waals surface area contributed by atoms with Gasteiger partial charge in [-0.2, -0.15) is 5.26 Å².